The minimum atomic E-state index is -3.88. The summed E-state index contributed by atoms with van der Waals surface area (Å²) in [6.45, 7) is 3.39. The third-order valence-corrected chi connectivity index (χ3v) is 7.48. The Kier molecular flexibility index (Phi) is 5.34. The molecule has 7 nitrogen and oxygen atoms in total. The minimum Gasteiger partial charge on any atom is -0.485 e. The fraction of sp³-hybridized carbons (Fsp3) is 0.500. The first-order valence-corrected chi connectivity index (χ1v) is 11.4. The van der Waals surface area contributed by atoms with Crippen LogP contribution in [0.25, 0.3) is 0 Å². The van der Waals surface area contributed by atoms with Crippen molar-refractivity contribution in [3.63, 3.8) is 0 Å². The molecule has 0 fully saturated rings. The molecule has 4 atom stereocenters. The van der Waals surface area contributed by atoms with Gasteiger partial charge in [-0.25, -0.2) is 8.42 Å². The molecule has 0 saturated carbocycles. The van der Waals surface area contributed by atoms with Crippen molar-refractivity contribution in [3.05, 3.63) is 40.9 Å². The van der Waals surface area contributed by atoms with Gasteiger partial charge < -0.3 is 14.7 Å². The number of aliphatic hydroxyl groups is 1. The van der Waals surface area contributed by atoms with Crippen LogP contribution >= 0.6 is 11.6 Å². The molecule has 9 heteroatoms. The van der Waals surface area contributed by atoms with Gasteiger partial charge in [0.25, 0.3) is 0 Å². The molecule has 29 heavy (non-hydrogen) atoms. The summed E-state index contributed by atoms with van der Waals surface area (Å²) in [5.74, 6) is -2.16. The largest absolute Gasteiger partial charge is 0.485 e. The van der Waals surface area contributed by atoms with Gasteiger partial charge in [-0.15, -0.1) is 0 Å². The molecule has 1 aromatic rings. The van der Waals surface area contributed by atoms with E-state index in [-0.39, 0.29) is 0 Å². The molecule has 0 aromatic heterocycles. The number of carbonyl (C=O) groups excluding carboxylic acids is 1. The number of halogens is 1. The number of aliphatic hydroxyl groups excluding tert-OH is 1. The molecule has 3 rings (SSSR count). The predicted octanol–water partition coefficient (Wildman–Crippen LogP) is 2.04. The van der Waals surface area contributed by atoms with Gasteiger partial charge in [0.05, 0.1) is 5.92 Å². The highest BCUT2D eigenvalue weighted by atomic mass is 35.5. The first kappa shape index (κ1) is 21.8. The van der Waals surface area contributed by atoms with Gasteiger partial charge in [-0.3, -0.25) is 9.79 Å². The Morgan fingerprint density at radius 2 is 2.00 bits per heavy atom. The van der Waals surface area contributed by atoms with Crippen LogP contribution in [0, 0.1) is 5.92 Å². The van der Waals surface area contributed by atoms with E-state index >= 15 is 0 Å². The van der Waals surface area contributed by atoms with Crippen LogP contribution in [-0.4, -0.2) is 67.5 Å². The molecule has 0 radical (unpaired) electrons. The monoisotopic (exact) mass is 440 g/mol. The molecular formula is C20H25ClN2O5S. The number of nitrogens with zero attached hydrogens (tertiary/aromatic N) is 2. The molecule has 1 aromatic carbocycles. The fourth-order valence-electron chi connectivity index (χ4n) is 4.06. The molecule has 158 valence electrons. The van der Waals surface area contributed by atoms with E-state index in [1.807, 2.05) is 0 Å². The number of hydrogen-bond donors (Lipinski definition) is 1. The molecule has 0 bridgehead atoms. The summed E-state index contributed by atoms with van der Waals surface area (Å²) in [7, 11) is -0.792. The summed E-state index contributed by atoms with van der Waals surface area (Å²) in [4.78, 5) is 17.1. The standard InChI is InChI=1S/C20H25ClN2O5S/c1-19(2)17(24)15(13-11-12(21)7-8-14(13)28-19)16(18(25)23(3)4)20(29(5,26)27)9-6-10-22-20/h6-11,15-17,24H,1-5H3. The number of carbonyl (C=O) groups is 1. The zero-order valence-electron chi connectivity index (χ0n) is 17.0. The SMILES string of the molecule is CN(C)C(=O)C(C1c2cc(Cl)ccc2OC(C)(C)C1O)C1(S(C)(=O)=O)C=CC=N1. The number of rotatable bonds is 4. The van der Waals surface area contributed by atoms with Crippen LogP contribution in [0.3, 0.4) is 0 Å². The summed E-state index contributed by atoms with van der Waals surface area (Å²) < 4.78 is 31.8. The predicted molar refractivity (Wildman–Crippen MR) is 112 cm³/mol. The Bertz CT molecular complexity index is 988. The summed E-state index contributed by atoms with van der Waals surface area (Å²) in [6, 6.07) is 4.92. The van der Waals surface area contributed by atoms with E-state index in [1.165, 1.54) is 23.3 Å². The normalized spacial score (nSPS) is 28.5. The lowest BCUT2D eigenvalue weighted by Crippen LogP contribution is -2.58. The highest BCUT2D eigenvalue weighted by molar-refractivity contribution is 7.92. The Labute approximate surface area is 175 Å². The van der Waals surface area contributed by atoms with E-state index in [2.05, 4.69) is 4.99 Å². The van der Waals surface area contributed by atoms with Crippen LogP contribution in [0.2, 0.25) is 5.02 Å². The van der Waals surface area contributed by atoms with Gasteiger partial charge in [0.1, 0.15) is 17.5 Å². The minimum absolute atomic E-state index is 0.388. The molecular weight excluding hydrogens is 416 g/mol. The molecule has 0 saturated heterocycles. The molecule has 2 aliphatic rings. The number of ether oxygens (including phenoxy) is 1. The van der Waals surface area contributed by atoms with E-state index < -0.39 is 44.2 Å². The van der Waals surface area contributed by atoms with Crippen LogP contribution in [0.4, 0.5) is 0 Å². The zero-order chi connectivity index (χ0) is 21.8. The number of fused-ring (bicyclic) bond motifs is 1. The van der Waals surface area contributed by atoms with E-state index in [1.54, 1.807) is 46.1 Å². The van der Waals surface area contributed by atoms with Crippen LogP contribution in [0.1, 0.15) is 25.3 Å². The molecule has 0 spiro atoms. The highest BCUT2D eigenvalue weighted by Gasteiger charge is 2.59. The van der Waals surface area contributed by atoms with E-state index in [0.717, 1.165) is 6.26 Å². The third kappa shape index (κ3) is 3.47. The van der Waals surface area contributed by atoms with Crippen molar-refractivity contribution < 1.29 is 23.1 Å². The zero-order valence-corrected chi connectivity index (χ0v) is 18.5. The highest BCUT2D eigenvalue weighted by Crippen LogP contribution is 2.51. The second-order valence-corrected chi connectivity index (χ2v) is 10.9. The number of aliphatic imine (C=N–C) groups is 1. The van der Waals surface area contributed by atoms with E-state index in [4.69, 9.17) is 16.3 Å². The van der Waals surface area contributed by atoms with Crippen molar-refractivity contribution in [3.8, 4) is 5.75 Å². The van der Waals surface area contributed by atoms with Crippen molar-refractivity contribution in [2.45, 2.75) is 36.3 Å². The second-order valence-electron chi connectivity index (χ2n) is 8.23. The number of amides is 1. The van der Waals surface area contributed by atoms with Gasteiger partial charge in [-0.2, -0.15) is 0 Å². The quantitative estimate of drug-likeness (QED) is 0.772. The van der Waals surface area contributed by atoms with Crippen LogP contribution in [-0.2, 0) is 14.6 Å². The van der Waals surface area contributed by atoms with Gasteiger partial charge in [0.15, 0.2) is 14.7 Å². The summed E-state index contributed by atoms with van der Waals surface area (Å²) in [5.41, 5.74) is -0.593. The smallest absolute Gasteiger partial charge is 0.229 e. The molecule has 2 aliphatic heterocycles. The number of benzene rings is 1. The van der Waals surface area contributed by atoms with Crippen molar-refractivity contribution in [1.82, 2.24) is 4.90 Å². The Hall–Kier alpha value is -1.90. The van der Waals surface area contributed by atoms with Gasteiger partial charge >= 0.3 is 0 Å². The Morgan fingerprint density at radius 1 is 1.34 bits per heavy atom. The first-order valence-electron chi connectivity index (χ1n) is 9.12. The van der Waals surface area contributed by atoms with Crippen molar-refractivity contribution in [2.24, 2.45) is 10.9 Å². The summed E-state index contributed by atoms with van der Waals surface area (Å²) in [6.07, 6.45) is 4.14. The molecule has 0 aliphatic carbocycles. The van der Waals surface area contributed by atoms with E-state index in [9.17, 15) is 18.3 Å². The lowest BCUT2D eigenvalue weighted by Gasteiger charge is -2.47. The number of allylic oxidation sites excluding steroid dienone is 1. The molecule has 1 amide bonds. The maximum Gasteiger partial charge on any atom is 0.229 e. The topological polar surface area (TPSA) is 96.3 Å². The molecule has 2 heterocycles. The number of hydrogen-bond acceptors (Lipinski definition) is 6. The summed E-state index contributed by atoms with van der Waals surface area (Å²) >= 11 is 6.20. The van der Waals surface area contributed by atoms with Gasteiger partial charge in [-0.1, -0.05) is 11.6 Å². The maximum atomic E-state index is 13.4. The van der Waals surface area contributed by atoms with Gasteiger partial charge in [0.2, 0.25) is 5.91 Å². The van der Waals surface area contributed by atoms with Gasteiger partial charge in [-0.05, 0) is 44.2 Å². The van der Waals surface area contributed by atoms with Crippen molar-refractivity contribution in [1.29, 1.82) is 0 Å². The van der Waals surface area contributed by atoms with Gasteiger partial charge in [0, 0.05) is 43.1 Å². The summed E-state index contributed by atoms with van der Waals surface area (Å²) in [5, 5.41) is 11.7. The van der Waals surface area contributed by atoms with Crippen LogP contribution < -0.4 is 4.74 Å². The Balaban J connectivity index is 2.34. The first-order chi connectivity index (χ1) is 13.3. The third-order valence-electron chi connectivity index (χ3n) is 5.56. The molecule has 4 unspecified atom stereocenters. The fourth-order valence-corrected chi connectivity index (χ4v) is 5.53. The lowest BCUT2D eigenvalue weighted by atomic mass is 9.71. The second kappa shape index (κ2) is 7.11. The van der Waals surface area contributed by atoms with Crippen LogP contribution in [0.15, 0.2) is 35.3 Å². The average Bonchev–Trinajstić information content (AvgIpc) is 3.09. The lowest BCUT2D eigenvalue weighted by molar-refractivity contribution is -0.139. The average molecular weight is 441 g/mol. The number of sulfone groups is 1. The Morgan fingerprint density at radius 3 is 2.52 bits per heavy atom. The van der Waals surface area contributed by atoms with E-state index in [0.29, 0.717) is 16.3 Å². The molecule has 1 N–H and O–H groups in total. The maximum absolute atomic E-state index is 13.4. The van der Waals surface area contributed by atoms with Crippen molar-refractivity contribution >= 4 is 33.6 Å². The van der Waals surface area contributed by atoms with Crippen LogP contribution in [0.5, 0.6) is 5.75 Å². The van der Waals surface area contributed by atoms with Crippen molar-refractivity contribution in [2.75, 3.05) is 20.4 Å².